The molecule has 2 bridgehead atoms. The van der Waals surface area contributed by atoms with Crippen molar-refractivity contribution < 1.29 is 67.6 Å². The zero-order chi connectivity index (χ0) is 86.0. The van der Waals surface area contributed by atoms with Crippen LogP contribution in [0.3, 0.4) is 0 Å². The highest BCUT2D eigenvalue weighted by Crippen LogP contribution is 2.69. The van der Waals surface area contributed by atoms with Crippen LogP contribution in [0, 0.1) is 29.1 Å². The van der Waals surface area contributed by atoms with Gasteiger partial charge in [0.25, 0.3) is 23.8 Å². The molecule has 4 aromatic carbocycles. The van der Waals surface area contributed by atoms with E-state index in [1.807, 2.05) is 50.1 Å². The first kappa shape index (κ1) is 89.2. The molecule has 2 saturated heterocycles. The molecule has 2 aromatic heterocycles. The zero-order valence-corrected chi connectivity index (χ0v) is 71.4. The van der Waals surface area contributed by atoms with Crippen LogP contribution in [0.1, 0.15) is 163 Å². The number of para-hydroxylation sites is 1. The van der Waals surface area contributed by atoms with E-state index in [1.54, 1.807) is 64.3 Å². The number of aromatic amines is 2. The summed E-state index contributed by atoms with van der Waals surface area (Å²) in [6.07, 6.45) is 7.95. The molecule has 1 unspecified atom stereocenters. The number of carbonyl (C=O) groups is 9. The number of hydrogen-bond donors (Lipinski definition) is 13. The Kier molecular flexibility index (Phi) is 28.5. The number of aromatic nitrogens is 3. The number of aliphatic imine (C=N–C) groups is 1. The molecular formula is C87H116N16O15S2. The van der Waals surface area contributed by atoms with Gasteiger partial charge in [-0.3, -0.25) is 68.4 Å². The van der Waals surface area contributed by atoms with Gasteiger partial charge in [0.1, 0.15) is 24.7 Å². The highest BCUT2D eigenvalue weighted by atomic mass is 33.1. The fraction of sp³-hybridized carbons (Fsp3) is 0.540. The second kappa shape index (κ2) is 38.3. The number of rotatable bonds is 38. The predicted octanol–water partition coefficient (Wildman–Crippen LogP) is 6.89. The maximum atomic E-state index is 15.4. The van der Waals surface area contributed by atoms with E-state index in [0.717, 1.165) is 56.8 Å². The number of amides is 5. The van der Waals surface area contributed by atoms with E-state index < -0.39 is 92.9 Å². The lowest BCUT2D eigenvalue weighted by atomic mass is 9.45. The van der Waals surface area contributed by atoms with Crippen LogP contribution in [-0.2, 0) is 66.8 Å². The van der Waals surface area contributed by atoms with Crippen molar-refractivity contribution in [1.29, 1.82) is 0 Å². The van der Waals surface area contributed by atoms with E-state index in [0.29, 0.717) is 131 Å². The SMILES string of the molecule is CC[C@]1(O)C[C@H]2CN(CCc3c([nH]c4ccccc34)[C@@](COC=O)(c3cc4c(cc3OC)N(C)[C@H]3[C@](O)(C(=O)NNC(=O)OCCSSCCCC(=O)[C@H](C)NC(=O)[C@@H](C)CC(=O)[C@H](CCCN=C(N)N)NC(=O)[C@@H](C)CC(=O)CCCNC(=O)c5ccc(NCc6ccc7nc(N)[nH]c(=O)c7c6)cc5)[C@H](C)[C@]5(CC)C=CCN6CC[C@]43[C@@H]65)C2)C1. The molecule has 0 radical (unpaired) electrons. The number of ether oxygens (including phenoxy) is 3. The molecule has 120 heavy (non-hydrogen) atoms. The van der Waals surface area contributed by atoms with Gasteiger partial charge < -0.3 is 72.8 Å². The maximum Gasteiger partial charge on any atom is 0.426 e. The molecule has 5 amide bonds. The number of nitrogens with two attached hydrogens (primary N) is 3. The van der Waals surface area contributed by atoms with E-state index in [1.165, 1.54) is 21.6 Å². The number of nitrogen functional groups attached to an aromatic ring is 1. The van der Waals surface area contributed by atoms with Gasteiger partial charge in [0.2, 0.25) is 17.8 Å². The number of ketones is 3. The minimum Gasteiger partial charge on any atom is -0.496 e. The van der Waals surface area contributed by atoms with E-state index in [9.17, 15) is 53.4 Å². The molecule has 3 fully saturated rings. The Morgan fingerprint density at radius 3 is 2.34 bits per heavy atom. The zero-order valence-electron chi connectivity index (χ0n) is 69.7. The van der Waals surface area contributed by atoms with Gasteiger partial charge in [-0.1, -0.05) is 92.6 Å². The van der Waals surface area contributed by atoms with Crippen molar-refractivity contribution in [1.82, 2.24) is 51.6 Å². The number of hydrazine groups is 1. The van der Waals surface area contributed by atoms with E-state index in [4.69, 9.17) is 31.4 Å². The third kappa shape index (κ3) is 18.7. The van der Waals surface area contributed by atoms with Gasteiger partial charge in [-0.05, 0) is 149 Å². The Morgan fingerprint density at radius 1 is 0.833 bits per heavy atom. The van der Waals surface area contributed by atoms with Gasteiger partial charge >= 0.3 is 6.09 Å². The molecule has 12 rings (SSSR count). The number of piperidine rings is 1. The molecule has 5 aliphatic heterocycles. The first-order chi connectivity index (χ1) is 57.5. The topological polar surface area (TPSA) is 456 Å². The molecule has 7 heterocycles. The van der Waals surface area contributed by atoms with Crippen molar-refractivity contribution >= 4 is 120 Å². The van der Waals surface area contributed by atoms with Crippen molar-refractivity contribution in [2.45, 2.75) is 184 Å². The normalized spacial score (nSPS) is 24.9. The third-order valence-electron chi connectivity index (χ3n) is 25.9. The minimum atomic E-state index is -2.14. The predicted molar refractivity (Wildman–Crippen MR) is 463 cm³/mol. The van der Waals surface area contributed by atoms with Crippen LogP contribution in [0.15, 0.2) is 101 Å². The average Bonchev–Trinajstić information content (AvgIpc) is 1.47. The fourth-order valence-corrected chi connectivity index (χ4v) is 22.0. The Bertz CT molecular complexity index is 4930. The molecule has 16 N–H and O–H groups in total. The highest BCUT2D eigenvalue weighted by molar-refractivity contribution is 8.76. The van der Waals surface area contributed by atoms with E-state index in [2.05, 4.69) is 99.1 Å². The van der Waals surface area contributed by atoms with E-state index in [-0.39, 0.29) is 105 Å². The van der Waals surface area contributed by atoms with E-state index >= 15 is 4.79 Å². The van der Waals surface area contributed by atoms with Crippen molar-refractivity contribution in [2.75, 3.05) is 101 Å². The van der Waals surface area contributed by atoms with Crippen molar-refractivity contribution in [3.63, 3.8) is 0 Å². The number of methoxy groups -OCH3 is 1. The number of hydrogen-bond acceptors (Lipinski definition) is 24. The fourth-order valence-electron chi connectivity index (χ4n) is 20.0. The lowest BCUT2D eigenvalue weighted by molar-refractivity contribution is -0.179. The molecule has 6 aliphatic rings. The first-order valence-electron chi connectivity index (χ1n) is 41.8. The summed E-state index contributed by atoms with van der Waals surface area (Å²) in [4.78, 5) is 156. The highest BCUT2D eigenvalue weighted by Gasteiger charge is 2.78. The molecular weight excluding hydrogens is 1570 g/mol. The van der Waals surface area contributed by atoms with Crippen molar-refractivity contribution in [2.24, 2.45) is 45.5 Å². The maximum absolute atomic E-state index is 15.4. The number of Topliss-reactive ketones (excluding diaryl/α,β-unsaturated/α-hetero) is 3. The quantitative estimate of drug-likeness (QED) is 0.00357. The van der Waals surface area contributed by atoms with Crippen LogP contribution in [0.5, 0.6) is 5.75 Å². The lowest BCUT2D eigenvalue weighted by Crippen LogP contribution is -2.79. The Morgan fingerprint density at radius 2 is 1.59 bits per heavy atom. The number of nitrogens with zero attached hydrogens (tertiary/aromatic N) is 5. The molecule has 1 saturated carbocycles. The van der Waals surface area contributed by atoms with Gasteiger partial charge in [0.15, 0.2) is 23.1 Å². The Balaban J connectivity index is 0.592. The van der Waals surface area contributed by atoms with Crippen molar-refractivity contribution in [3.05, 3.63) is 135 Å². The summed E-state index contributed by atoms with van der Waals surface area (Å²) >= 11 is 0. The van der Waals surface area contributed by atoms with Crippen molar-refractivity contribution in [3.8, 4) is 5.75 Å². The number of guanidine groups is 1. The number of fused-ring (bicyclic) bond motifs is 7. The van der Waals surface area contributed by atoms with Crippen LogP contribution < -0.4 is 64.5 Å². The van der Waals surface area contributed by atoms with Crippen LogP contribution >= 0.6 is 21.6 Å². The van der Waals surface area contributed by atoms with Crippen LogP contribution in [0.25, 0.3) is 21.8 Å². The minimum absolute atomic E-state index is 0.0330. The molecule has 33 heteroatoms. The van der Waals surface area contributed by atoms with Crippen LogP contribution in [0.4, 0.5) is 22.1 Å². The molecule has 1 aliphatic carbocycles. The molecule has 14 atom stereocenters. The number of nitrogens with one attached hydrogen (secondary N) is 8. The summed E-state index contributed by atoms with van der Waals surface area (Å²) in [6.45, 7) is 15.3. The standard InChI is InChI=1S/C87H116N16O15S2/c1-9-83(114)44-56-45-85(49-117-50-104,72-61(28-34-102(47-56)48-83)60-18-11-12-19-65(60)95-72)64-42-63-68(43-71(64)116-8)101(7)78-86(63)30-35-103-33-16-29-84(10-2,77(86)103)54(6)87(78,115)79(112)99-100-82(113)118-36-38-120-119-37-15-21-69(106)53(5)94-73(108)52(4)40-70(107)67(20-14-32-92-80(88)89)96-74(109)51(3)39-59(105)17-13-31-91-75(110)57-23-25-58(26-24-57)93-46-55-22-27-66-62(41-55)76(111)98-81(90)97-66/h11-12,16,18-19,22-27,29,41-43,50-54,56,67,77-78,93,95,114-115H,9-10,13-15,17,20-21,28,30-40,44-49H2,1-8H3,(H,91,110)(H,94,108)(H,96,109)(H,99,112)(H,100,113)(H4,88,89,92)(H3,90,97,98,111)/t51-,52-,53-,54+,56+,67-,77-,78+,83-,84-,85-,86+,87-/m0/s1. The first-order valence-corrected chi connectivity index (χ1v) is 44.3. The van der Waals surface area contributed by atoms with Gasteiger partial charge in [0.05, 0.1) is 47.2 Å². The lowest BCUT2D eigenvalue weighted by Gasteiger charge is -2.64. The molecule has 31 nitrogen and oxygen atoms in total. The van der Waals surface area contributed by atoms with Gasteiger partial charge in [-0.15, -0.1) is 0 Å². The average molecular weight is 1690 g/mol. The Hall–Kier alpha value is -10.1. The Labute approximate surface area is 706 Å². The smallest absolute Gasteiger partial charge is 0.426 e. The summed E-state index contributed by atoms with van der Waals surface area (Å²) in [5, 5.41) is 39.2. The summed E-state index contributed by atoms with van der Waals surface area (Å²) < 4.78 is 18.2. The summed E-state index contributed by atoms with van der Waals surface area (Å²) in [7, 11) is 6.44. The number of aliphatic hydroxyl groups is 2. The van der Waals surface area contributed by atoms with Gasteiger partial charge in [-0.25, -0.2) is 15.2 Å². The third-order valence-corrected chi connectivity index (χ3v) is 28.4. The monoisotopic (exact) mass is 1690 g/mol. The molecule has 646 valence electrons. The summed E-state index contributed by atoms with van der Waals surface area (Å²) in [6, 6.07) is 21.7. The second-order valence-corrected chi connectivity index (χ2v) is 36.2. The number of H-pyrrole nitrogens is 2. The summed E-state index contributed by atoms with van der Waals surface area (Å²) in [5.74, 6) is -4.14. The summed E-state index contributed by atoms with van der Waals surface area (Å²) in [5.41, 5.74) is 23.7. The number of likely N-dealkylation sites (N-methyl/N-ethyl adjacent to an activating group) is 1. The van der Waals surface area contributed by atoms with Crippen LogP contribution in [-0.4, -0.2) is 215 Å². The molecule has 1 spiro atoms. The largest absolute Gasteiger partial charge is 0.496 e. The number of carbonyl (C=O) groups excluding carboxylic acids is 9. The molecule has 6 aromatic rings. The van der Waals surface area contributed by atoms with Crippen LogP contribution in [0.2, 0.25) is 0 Å². The second-order valence-electron chi connectivity index (χ2n) is 33.5. The number of benzene rings is 4. The number of anilines is 3. The van der Waals surface area contributed by atoms with Gasteiger partial charge in [-0.2, -0.15) is 0 Å². The van der Waals surface area contributed by atoms with Gasteiger partial charge in [0, 0.05) is 170 Å².